The van der Waals surface area contributed by atoms with Gasteiger partial charge in [0.05, 0.1) is 32.1 Å². The van der Waals surface area contributed by atoms with E-state index in [1.54, 1.807) is 7.11 Å². The van der Waals surface area contributed by atoms with Gasteiger partial charge in [-0.05, 0) is 23.6 Å². The molecule has 24 heavy (non-hydrogen) atoms. The molecular formula is C19H21N3O2. The highest BCUT2D eigenvalue weighted by Gasteiger charge is 2.35. The number of aromatic nitrogens is 2. The number of morpholine rings is 1. The Balaban J connectivity index is 1.57. The highest BCUT2D eigenvalue weighted by Crippen LogP contribution is 2.32. The van der Waals surface area contributed by atoms with Crippen LogP contribution in [0.3, 0.4) is 0 Å². The number of benzene rings is 1. The normalized spacial score (nSPS) is 23.6. The summed E-state index contributed by atoms with van der Waals surface area (Å²) in [6.45, 7) is 2.46. The molecule has 2 bridgehead atoms. The molecule has 0 spiro atoms. The number of fused-ring (bicyclic) bond motifs is 2. The lowest BCUT2D eigenvalue weighted by Crippen LogP contribution is -2.53. The summed E-state index contributed by atoms with van der Waals surface area (Å²) in [5.74, 6) is 0.546. The minimum atomic E-state index is 0.289. The minimum absolute atomic E-state index is 0.289. The molecule has 2 aliphatic rings. The van der Waals surface area contributed by atoms with Gasteiger partial charge in [-0.2, -0.15) is 0 Å². The molecule has 0 N–H and O–H groups in total. The van der Waals surface area contributed by atoms with Gasteiger partial charge in [-0.3, -0.25) is 4.90 Å². The molecule has 0 aliphatic carbocycles. The third kappa shape index (κ3) is 3.05. The van der Waals surface area contributed by atoms with E-state index in [-0.39, 0.29) is 6.04 Å². The lowest BCUT2D eigenvalue weighted by molar-refractivity contribution is -0.0403. The van der Waals surface area contributed by atoms with E-state index in [9.17, 15) is 0 Å². The van der Waals surface area contributed by atoms with Crippen LogP contribution in [0.4, 0.5) is 0 Å². The predicted octanol–water partition coefficient (Wildman–Crippen LogP) is 2.54. The molecule has 1 fully saturated rings. The van der Waals surface area contributed by atoms with E-state index >= 15 is 0 Å². The zero-order chi connectivity index (χ0) is 16.4. The van der Waals surface area contributed by atoms with Gasteiger partial charge in [0.25, 0.3) is 0 Å². The van der Waals surface area contributed by atoms with E-state index < -0.39 is 0 Å². The summed E-state index contributed by atoms with van der Waals surface area (Å²) >= 11 is 0. The van der Waals surface area contributed by atoms with Gasteiger partial charge in [0.1, 0.15) is 0 Å². The van der Waals surface area contributed by atoms with Crippen LogP contribution in [0.15, 0.2) is 48.5 Å². The molecule has 5 nitrogen and oxygen atoms in total. The molecule has 1 saturated heterocycles. The molecule has 4 rings (SSSR count). The van der Waals surface area contributed by atoms with E-state index in [0.29, 0.717) is 11.9 Å². The molecule has 0 saturated carbocycles. The molecule has 2 atom stereocenters. The first kappa shape index (κ1) is 15.3. The van der Waals surface area contributed by atoms with E-state index in [1.807, 2.05) is 12.1 Å². The summed E-state index contributed by atoms with van der Waals surface area (Å²) < 4.78 is 10.9. The first-order valence-electron chi connectivity index (χ1n) is 8.29. The van der Waals surface area contributed by atoms with Crippen molar-refractivity contribution in [3.05, 3.63) is 59.8 Å². The average Bonchev–Trinajstić information content (AvgIpc) is 2.62. The van der Waals surface area contributed by atoms with Gasteiger partial charge >= 0.3 is 0 Å². The number of ether oxygens (including phenoxy) is 2. The van der Waals surface area contributed by atoms with Crippen LogP contribution in [0.25, 0.3) is 5.57 Å². The standard InChI is InChI=1S/C19H21N3O2/c1-23-19-8-7-18(20-21-19)15-9-16-12-24-13-17(10-15)22(16)11-14-5-3-2-4-6-14/h2-9,16-17H,10-13H2,1H3. The van der Waals surface area contributed by atoms with Crippen LogP contribution in [-0.2, 0) is 11.3 Å². The van der Waals surface area contributed by atoms with Gasteiger partial charge in [-0.1, -0.05) is 36.4 Å². The molecule has 0 amide bonds. The quantitative estimate of drug-likeness (QED) is 0.865. The Hall–Kier alpha value is -2.24. The Kier molecular flexibility index (Phi) is 4.28. The SMILES string of the molecule is COc1ccc(C2=CC3COCC(C2)N3Cc2ccccc2)nn1. The second-order valence-corrected chi connectivity index (χ2v) is 6.27. The Labute approximate surface area is 141 Å². The first-order chi connectivity index (χ1) is 11.8. The van der Waals surface area contributed by atoms with Gasteiger partial charge < -0.3 is 9.47 Å². The van der Waals surface area contributed by atoms with Crippen LogP contribution in [0, 0.1) is 0 Å². The number of hydrogen-bond donors (Lipinski definition) is 0. The fourth-order valence-electron chi connectivity index (χ4n) is 3.49. The summed E-state index contributed by atoms with van der Waals surface area (Å²) in [5, 5.41) is 8.40. The minimum Gasteiger partial charge on any atom is -0.480 e. The molecular weight excluding hydrogens is 302 g/mol. The summed E-state index contributed by atoms with van der Waals surface area (Å²) in [5.41, 5.74) is 3.54. The fourth-order valence-corrected chi connectivity index (χ4v) is 3.49. The van der Waals surface area contributed by atoms with Crippen molar-refractivity contribution >= 4 is 5.57 Å². The van der Waals surface area contributed by atoms with E-state index in [2.05, 4.69) is 51.5 Å². The topological polar surface area (TPSA) is 47.5 Å². The first-order valence-corrected chi connectivity index (χ1v) is 8.29. The van der Waals surface area contributed by atoms with E-state index in [0.717, 1.165) is 31.9 Å². The molecule has 5 heteroatoms. The largest absolute Gasteiger partial charge is 0.480 e. The van der Waals surface area contributed by atoms with Crippen molar-refractivity contribution in [1.82, 2.24) is 15.1 Å². The molecule has 2 unspecified atom stereocenters. The second kappa shape index (κ2) is 6.71. The Morgan fingerprint density at radius 1 is 1.12 bits per heavy atom. The highest BCUT2D eigenvalue weighted by molar-refractivity contribution is 5.64. The number of nitrogens with zero attached hydrogens (tertiary/aromatic N) is 3. The maximum atomic E-state index is 5.78. The lowest BCUT2D eigenvalue weighted by atomic mass is 9.91. The van der Waals surface area contributed by atoms with E-state index in [4.69, 9.17) is 9.47 Å². The van der Waals surface area contributed by atoms with E-state index in [1.165, 1.54) is 11.1 Å². The number of rotatable bonds is 4. The van der Waals surface area contributed by atoms with Crippen LogP contribution >= 0.6 is 0 Å². The summed E-state index contributed by atoms with van der Waals surface area (Å²) in [6.07, 6.45) is 3.22. The van der Waals surface area contributed by atoms with Crippen LogP contribution in [0.1, 0.15) is 17.7 Å². The van der Waals surface area contributed by atoms with Crippen molar-refractivity contribution in [2.45, 2.75) is 25.0 Å². The number of hydrogen-bond acceptors (Lipinski definition) is 5. The van der Waals surface area contributed by atoms with Crippen molar-refractivity contribution in [3.8, 4) is 5.88 Å². The third-order valence-corrected chi connectivity index (χ3v) is 4.73. The van der Waals surface area contributed by atoms with Crippen molar-refractivity contribution < 1.29 is 9.47 Å². The maximum absolute atomic E-state index is 5.78. The lowest BCUT2D eigenvalue weighted by Gasteiger charge is -2.44. The van der Waals surface area contributed by atoms with Gasteiger partial charge in [0.15, 0.2) is 0 Å². The van der Waals surface area contributed by atoms with Crippen molar-refractivity contribution in [2.75, 3.05) is 20.3 Å². The Morgan fingerprint density at radius 3 is 2.71 bits per heavy atom. The van der Waals surface area contributed by atoms with Crippen LogP contribution in [0.2, 0.25) is 0 Å². The Bertz CT molecular complexity index is 715. The molecule has 3 heterocycles. The number of methoxy groups -OCH3 is 1. The smallest absolute Gasteiger partial charge is 0.233 e. The zero-order valence-corrected chi connectivity index (χ0v) is 13.8. The molecule has 1 aromatic carbocycles. The van der Waals surface area contributed by atoms with Gasteiger partial charge in [0.2, 0.25) is 5.88 Å². The van der Waals surface area contributed by atoms with Crippen LogP contribution in [-0.4, -0.2) is 47.5 Å². The van der Waals surface area contributed by atoms with Gasteiger partial charge in [0, 0.05) is 18.7 Å². The van der Waals surface area contributed by atoms with Crippen molar-refractivity contribution in [1.29, 1.82) is 0 Å². The zero-order valence-electron chi connectivity index (χ0n) is 13.8. The molecule has 124 valence electrons. The molecule has 2 aromatic rings. The van der Waals surface area contributed by atoms with Crippen LogP contribution < -0.4 is 4.74 Å². The molecule has 2 aliphatic heterocycles. The maximum Gasteiger partial charge on any atom is 0.233 e. The highest BCUT2D eigenvalue weighted by atomic mass is 16.5. The van der Waals surface area contributed by atoms with Crippen LogP contribution in [0.5, 0.6) is 5.88 Å². The third-order valence-electron chi connectivity index (χ3n) is 4.73. The van der Waals surface area contributed by atoms with Gasteiger partial charge in [-0.25, -0.2) is 0 Å². The molecule has 0 radical (unpaired) electrons. The average molecular weight is 323 g/mol. The van der Waals surface area contributed by atoms with Crippen molar-refractivity contribution in [2.24, 2.45) is 0 Å². The second-order valence-electron chi connectivity index (χ2n) is 6.27. The fraction of sp³-hybridized carbons (Fsp3) is 0.368. The molecule has 1 aromatic heterocycles. The monoisotopic (exact) mass is 323 g/mol. The summed E-state index contributed by atoms with van der Waals surface area (Å²) in [4.78, 5) is 2.54. The Morgan fingerprint density at radius 2 is 2.00 bits per heavy atom. The summed E-state index contributed by atoms with van der Waals surface area (Å²) in [6, 6.07) is 15.1. The summed E-state index contributed by atoms with van der Waals surface area (Å²) in [7, 11) is 1.60. The van der Waals surface area contributed by atoms with Crippen molar-refractivity contribution in [3.63, 3.8) is 0 Å². The van der Waals surface area contributed by atoms with Gasteiger partial charge in [-0.15, -0.1) is 10.2 Å². The predicted molar refractivity (Wildman–Crippen MR) is 91.6 cm³/mol.